The van der Waals surface area contributed by atoms with E-state index in [-0.39, 0.29) is 23.2 Å². The van der Waals surface area contributed by atoms with Crippen LogP contribution in [0.3, 0.4) is 0 Å². The molecule has 0 rings (SSSR count). The Bertz CT molecular complexity index is 441. The second-order valence-corrected chi connectivity index (χ2v) is 16.4. The van der Waals surface area contributed by atoms with Crippen molar-refractivity contribution in [1.82, 2.24) is 0 Å². The van der Waals surface area contributed by atoms with Crippen molar-refractivity contribution in [2.45, 2.75) is 168 Å². The quantitative estimate of drug-likeness (QED) is 0.103. The van der Waals surface area contributed by atoms with E-state index < -0.39 is 8.32 Å². The molecule has 0 unspecified atom stereocenters. The molecule has 192 valence electrons. The monoisotopic (exact) mass is 468 g/mol. The fraction of sp³-hybridized carbons (Fsp3) is 0.931. The Morgan fingerprint density at radius 2 is 1.22 bits per heavy atom. The molecular formula is C29H60O2Si. The highest BCUT2D eigenvalue weighted by molar-refractivity contribution is 6.74. The van der Waals surface area contributed by atoms with E-state index in [1.807, 2.05) is 6.08 Å². The Morgan fingerprint density at radius 1 is 0.781 bits per heavy atom. The molecule has 1 N–H and O–H groups in total. The van der Waals surface area contributed by atoms with Crippen molar-refractivity contribution in [3.63, 3.8) is 0 Å². The summed E-state index contributed by atoms with van der Waals surface area (Å²) in [7, 11) is -1.85. The predicted octanol–water partition coefficient (Wildman–Crippen LogP) is 9.82. The van der Waals surface area contributed by atoms with Gasteiger partial charge in [-0.25, -0.2) is 0 Å². The number of unbranched alkanes of at least 4 members (excludes halogenated alkanes) is 11. The Kier molecular flexibility index (Phi) is 18.2. The standard InChI is InChI=1S/C29H60O2Si/c1-9-12-14-16-17-18-19-20-22-24-27(31-32(7,8)29(4,5)6)25-28(30)26(11-3)23-21-15-13-10-2/h11,26-28,30H,3,9-10,12-25H2,1-2,4-8H3/t26-,27+,28-/m0/s1. The normalized spacial score (nSPS) is 15.5. The summed E-state index contributed by atoms with van der Waals surface area (Å²) in [5.74, 6) is 0.195. The Morgan fingerprint density at radius 3 is 1.69 bits per heavy atom. The molecule has 0 fully saturated rings. The molecule has 0 spiro atoms. The first-order chi connectivity index (χ1) is 15.1. The number of aliphatic hydroxyl groups excluding tert-OH is 1. The minimum Gasteiger partial charge on any atom is -0.414 e. The molecule has 0 radical (unpaired) electrons. The number of hydrogen-bond donors (Lipinski definition) is 1. The van der Waals surface area contributed by atoms with Crippen molar-refractivity contribution < 1.29 is 9.53 Å². The molecular weight excluding hydrogens is 408 g/mol. The molecule has 0 aromatic heterocycles. The Labute approximate surface area is 204 Å². The van der Waals surface area contributed by atoms with E-state index in [9.17, 15) is 5.11 Å². The minimum atomic E-state index is -1.85. The summed E-state index contributed by atoms with van der Waals surface area (Å²) in [6, 6.07) is 0. The zero-order valence-corrected chi connectivity index (χ0v) is 24.2. The number of hydrogen-bond acceptors (Lipinski definition) is 2. The van der Waals surface area contributed by atoms with Gasteiger partial charge in [0.25, 0.3) is 0 Å². The lowest BCUT2D eigenvalue weighted by atomic mass is 9.91. The van der Waals surface area contributed by atoms with Crippen LogP contribution in [0.4, 0.5) is 0 Å². The summed E-state index contributed by atoms with van der Waals surface area (Å²) < 4.78 is 6.83. The lowest BCUT2D eigenvalue weighted by Gasteiger charge is -2.40. The van der Waals surface area contributed by atoms with E-state index in [0.717, 1.165) is 19.3 Å². The van der Waals surface area contributed by atoms with Gasteiger partial charge < -0.3 is 9.53 Å². The second kappa shape index (κ2) is 18.2. The minimum absolute atomic E-state index is 0.175. The topological polar surface area (TPSA) is 29.5 Å². The molecule has 0 amide bonds. The molecule has 32 heavy (non-hydrogen) atoms. The molecule has 0 aliphatic carbocycles. The van der Waals surface area contributed by atoms with Crippen molar-refractivity contribution in [1.29, 1.82) is 0 Å². The Hall–Kier alpha value is -0.123. The van der Waals surface area contributed by atoms with Crippen molar-refractivity contribution >= 4 is 8.32 Å². The average molecular weight is 469 g/mol. The van der Waals surface area contributed by atoms with Crippen LogP contribution in [0, 0.1) is 5.92 Å². The van der Waals surface area contributed by atoms with Gasteiger partial charge in [-0.05, 0) is 37.4 Å². The third kappa shape index (κ3) is 14.9. The highest BCUT2D eigenvalue weighted by Crippen LogP contribution is 2.38. The maximum Gasteiger partial charge on any atom is 0.192 e. The van der Waals surface area contributed by atoms with Crippen LogP contribution >= 0.6 is 0 Å². The van der Waals surface area contributed by atoms with Crippen LogP contribution in [0.2, 0.25) is 18.1 Å². The Balaban J connectivity index is 4.67. The maximum atomic E-state index is 11.0. The first-order valence-electron chi connectivity index (χ1n) is 14.1. The van der Waals surface area contributed by atoms with Crippen molar-refractivity contribution in [3.05, 3.63) is 12.7 Å². The summed E-state index contributed by atoms with van der Waals surface area (Å²) >= 11 is 0. The van der Waals surface area contributed by atoms with Crippen LogP contribution in [-0.4, -0.2) is 25.6 Å². The SMILES string of the molecule is C=C[C@@H](CCCCCC)[C@@H](O)C[C@@H](CCCCCCCCCCC)O[Si](C)(C)C(C)(C)C. The molecule has 2 nitrogen and oxygen atoms in total. The summed E-state index contributed by atoms with van der Waals surface area (Å²) in [5, 5.41) is 11.2. The zero-order chi connectivity index (χ0) is 24.5. The van der Waals surface area contributed by atoms with Gasteiger partial charge in [0.1, 0.15) is 0 Å². The van der Waals surface area contributed by atoms with Gasteiger partial charge in [-0.15, -0.1) is 6.58 Å². The van der Waals surface area contributed by atoms with Crippen molar-refractivity contribution in [2.24, 2.45) is 5.92 Å². The van der Waals surface area contributed by atoms with Crippen LogP contribution in [-0.2, 0) is 4.43 Å². The third-order valence-corrected chi connectivity index (χ3v) is 12.1. The molecule has 0 heterocycles. The van der Waals surface area contributed by atoms with E-state index in [1.54, 1.807) is 0 Å². The van der Waals surface area contributed by atoms with Gasteiger partial charge in [-0.1, -0.05) is 124 Å². The van der Waals surface area contributed by atoms with E-state index in [4.69, 9.17) is 4.43 Å². The van der Waals surface area contributed by atoms with Gasteiger partial charge in [0.2, 0.25) is 0 Å². The highest BCUT2D eigenvalue weighted by Gasteiger charge is 2.39. The van der Waals surface area contributed by atoms with Gasteiger partial charge in [0, 0.05) is 12.0 Å². The third-order valence-electron chi connectivity index (χ3n) is 7.59. The maximum absolute atomic E-state index is 11.0. The second-order valence-electron chi connectivity index (χ2n) is 11.7. The summed E-state index contributed by atoms with van der Waals surface area (Å²) in [6.07, 6.45) is 21.8. The largest absolute Gasteiger partial charge is 0.414 e. The predicted molar refractivity (Wildman–Crippen MR) is 147 cm³/mol. The zero-order valence-electron chi connectivity index (χ0n) is 23.2. The molecule has 0 saturated carbocycles. The van der Waals surface area contributed by atoms with Crippen LogP contribution in [0.5, 0.6) is 0 Å². The molecule has 3 atom stereocenters. The fourth-order valence-electron chi connectivity index (χ4n) is 4.22. The van der Waals surface area contributed by atoms with Crippen LogP contribution in [0.15, 0.2) is 12.7 Å². The molecule has 0 aromatic carbocycles. The van der Waals surface area contributed by atoms with E-state index in [0.29, 0.717) is 0 Å². The summed E-state index contributed by atoms with van der Waals surface area (Å²) in [5.41, 5.74) is 0. The van der Waals surface area contributed by atoms with Crippen LogP contribution in [0.25, 0.3) is 0 Å². The van der Waals surface area contributed by atoms with Gasteiger partial charge in [-0.3, -0.25) is 0 Å². The smallest absolute Gasteiger partial charge is 0.192 e. The van der Waals surface area contributed by atoms with Gasteiger partial charge in [0.15, 0.2) is 8.32 Å². The number of rotatable bonds is 21. The summed E-state index contributed by atoms with van der Waals surface area (Å²) in [4.78, 5) is 0. The van der Waals surface area contributed by atoms with Gasteiger partial charge in [-0.2, -0.15) is 0 Å². The first-order valence-corrected chi connectivity index (χ1v) is 17.0. The number of aliphatic hydroxyl groups is 1. The van der Waals surface area contributed by atoms with Gasteiger partial charge >= 0.3 is 0 Å². The molecule has 0 aliphatic rings. The lowest BCUT2D eigenvalue weighted by molar-refractivity contribution is 0.0536. The molecule has 0 bridgehead atoms. The fourth-order valence-corrected chi connectivity index (χ4v) is 5.62. The summed E-state index contributed by atoms with van der Waals surface area (Å²) in [6.45, 7) is 20.2. The van der Waals surface area contributed by atoms with Crippen LogP contribution < -0.4 is 0 Å². The van der Waals surface area contributed by atoms with E-state index in [2.05, 4.69) is 54.3 Å². The highest BCUT2D eigenvalue weighted by atomic mass is 28.4. The lowest BCUT2D eigenvalue weighted by Crippen LogP contribution is -2.45. The molecule has 0 aliphatic heterocycles. The van der Waals surface area contributed by atoms with E-state index >= 15 is 0 Å². The van der Waals surface area contributed by atoms with Gasteiger partial charge in [0.05, 0.1) is 6.10 Å². The van der Waals surface area contributed by atoms with Crippen LogP contribution in [0.1, 0.15) is 137 Å². The van der Waals surface area contributed by atoms with E-state index in [1.165, 1.54) is 83.5 Å². The molecule has 0 saturated heterocycles. The molecule has 3 heteroatoms. The molecule has 0 aromatic rings. The average Bonchev–Trinajstić information content (AvgIpc) is 2.71. The van der Waals surface area contributed by atoms with Crippen molar-refractivity contribution in [2.75, 3.05) is 0 Å². The first kappa shape index (κ1) is 31.9. The van der Waals surface area contributed by atoms with Crippen molar-refractivity contribution in [3.8, 4) is 0 Å².